The maximum absolute atomic E-state index is 12.9. The summed E-state index contributed by atoms with van der Waals surface area (Å²) in [6, 6.07) is 6.74. The van der Waals surface area contributed by atoms with E-state index in [1.165, 1.54) is 21.3 Å². The fourth-order valence-electron chi connectivity index (χ4n) is 3.16. The molecule has 214 valence electrons. The van der Waals surface area contributed by atoms with Gasteiger partial charge in [-0.05, 0) is 32.8 Å². The SMILES string of the molecule is COC(CCC(NC(=O)[C@H](CO)NC(=O)[C@H](N)N(C)C(=O)OC(C)(C)C)C(=O)NCc1ccccc1)OC. The van der Waals surface area contributed by atoms with E-state index in [4.69, 9.17) is 19.9 Å². The van der Waals surface area contributed by atoms with Crippen LogP contribution in [0.3, 0.4) is 0 Å². The summed E-state index contributed by atoms with van der Waals surface area (Å²) in [5.74, 6) is -2.20. The number of rotatable bonds is 14. The number of ether oxygens (including phenoxy) is 3. The molecule has 0 aliphatic carbocycles. The van der Waals surface area contributed by atoms with Crippen LogP contribution in [0.5, 0.6) is 0 Å². The largest absolute Gasteiger partial charge is 0.444 e. The summed E-state index contributed by atoms with van der Waals surface area (Å²) < 4.78 is 15.5. The summed E-state index contributed by atoms with van der Waals surface area (Å²) in [6.07, 6.45) is -2.53. The number of hydrogen-bond acceptors (Lipinski definition) is 9. The van der Waals surface area contributed by atoms with Crippen molar-refractivity contribution in [2.75, 3.05) is 27.9 Å². The molecule has 38 heavy (non-hydrogen) atoms. The number of carbonyl (C=O) groups excluding carboxylic acids is 4. The van der Waals surface area contributed by atoms with Crippen molar-refractivity contribution >= 4 is 23.8 Å². The molecule has 0 heterocycles. The third kappa shape index (κ3) is 11.4. The van der Waals surface area contributed by atoms with Gasteiger partial charge < -0.3 is 41.0 Å². The second kappa shape index (κ2) is 15.9. The zero-order valence-electron chi connectivity index (χ0n) is 22.9. The minimum Gasteiger partial charge on any atom is -0.444 e. The van der Waals surface area contributed by atoms with Crippen LogP contribution >= 0.6 is 0 Å². The minimum atomic E-state index is -1.50. The smallest absolute Gasteiger partial charge is 0.411 e. The molecule has 13 nitrogen and oxygen atoms in total. The highest BCUT2D eigenvalue weighted by molar-refractivity contribution is 5.93. The predicted molar refractivity (Wildman–Crippen MR) is 138 cm³/mol. The molecule has 0 fully saturated rings. The maximum atomic E-state index is 12.9. The lowest BCUT2D eigenvalue weighted by Gasteiger charge is -2.29. The van der Waals surface area contributed by atoms with Crippen LogP contribution in [-0.4, -0.2) is 91.8 Å². The van der Waals surface area contributed by atoms with E-state index in [0.717, 1.165) is 10.5 Å². The van der Waals surface area contributed by atoms with Gasteiger partial charge in [-0.25, -0.2) is 4.79 Å². The predicted octanol–water partition coefficient (Wildman–Crippen LogP) is -0.184. The number of aliphatic hydroxyl groups is 1. The molecule has 0 aliphatic heterocycles. The van der Waals surface area contributed by atoms with Gasteiger partial charge in [-0.15, -0.1) is 0 Å². The fourth-order valence-corrected chi connectivity index (χ4v) is 3.16. The van der Waals surface area contributed by atoms with Gasteiger partial charge in [-0.2, -0.15) is 0 Å². The van der Waals surface area contributed by atoms with Crippen LogP contribution < -0.4 is 21.7 Å². The number of hydrogen-bond donors (Lipinski definition) is 5. The second-order valence-electron chi connectivity index (χ2n) is 9.52. The van der Waals surface area contributed by atoms with Crippen molar-refractivity contribution in [2.24, 2.45) is 5.73 Å². The molecule has 1 rings (SSSR count). The first-order chi connectivity index (χ1) is 17.8. The first kappa shape index (κ1) is 32.8. The highest BCUT2D eigenvalue weighted by Crippen LogP contribution is 2.10. The van der Waals surface area contributed by atoms with Crippen molar-refractivity contribution in [3.8, 4) is 0 Å². The molecule has 1 aromatic rings. The van der Waals surface area contributed by atoms with E-state index in [0.29, 0.717) is 0 Å². The summed E-state index contributed by atoms with van der Waals surface area (Å²) in [5.41, 5.74) is 5.90. The Hall–Kier alpha value is -3.26. The highest BCUT2D eigenvalue weighted by Gasteiger charge is 2.31. The Morgan fingerprint density at radius 2 is 1.53 bits per heavy atom. The highest BCUT2D eigenvalue weighted by atomic mass is 16.7. The van der Waals surface area contributed by atoms with E-state index in [2.05, 4.69) is 16.0 Å². The molecule has 0 aliphatic rings. The van der Waals surface area contributed by atoms with E-state index in [-0.39, 0.29) is 19.4 Å². The van der Waals surface area contributed by atoms with Gasteiger partial charge in [-0.3, -0.25) is 19.3 Å². The third-order valence-electron chi connectivity index (χ3n) is 5.34. The van der Waals surface area contributed by atoms with Gasteiger partial charge in [-0.1, -0.05) is 30.3 Å². The Kier molecular flexibility index (Phi) is 13.7. The molecule has 0 saturated heterocycles. The minimum absolute atomic E-state index is 0.145. The molecule has 1 aromatic carbocycles. The Morgan fingerprint density at radius 3 is 2.05 bits per heavy atom. The average molecular weight is 540 g/mol. The quantitative estimate of drug-likeness (QED) is 0.200. The van der Waals surface area contributed by atoms with Gasteiger partial charge in [0.25, 0.3) is 5.91 Å². The standard InChI is InChI=1S/C25H41N5O8/c1-25(2,3)38-24(35)30(4)20(26)23(34)29-18(15-31)22(33)28-17(12-13-19(36-5)37-6)21(32)27-14-16-10-8-7-9-11-16/h7-11,17-20,31H,12-15,26H2,1-6H3,(H,27,32)(H,28,33)(H,29,34)/t17?,18-,20+/m0/s1. The van der Waals surface area contributed by atoms with Gasteiger partial charge >= 0.3 is 6.09 Å². The molecule has 3 atom stereocenters. The van der Waals surface area contributed by atoms with Crippen LogP contribution in [0.15, 0.2) is 30.3 Å². The number of nitrogens with zero attached hydrogens (tertiary/aromatic N) is 1. The lowest BCUT2D eigenvalue weighted by molar-refractivity contribution is -0.135. The molecule has 4 amide bonds. The molecular formula is C25H41N5O8. The molecule has 1 unspecified atom stereocenters. The molecule has 13 heteroatoms. The Balaban J connectivity index is 2.87. The number of carbonyl (C=O) groups is 4. The Labute approximate surface area is 223 Å². The van der Waals surface area contributed by atoms with E-state index >= 15 is 0 Å². The molecule has 0 radical (unpaired) electrons. The van der Waals surface area contributed by atoms with E-state index in [1.54, 1.807) is 20.8 Å². The lowest BCUT2D eigenvalue weighted by atomic mass is 10.1. The summed E-state index contributed by atoms with van der Waals surface area (Å²) in [5, 5.41) is 17.4. The van der Waals surface area contributed by atoms with Crippen LogP contribution in [0.25, 0.3) is 0 Å². The second-order valence-corrected chi connectivity index (χ2v) is 9.52. The van der Waals surface area contributed by atoms with Crippen LogP contribution in [0.4, 0.5) is 4.79 Å². The monoisotopic (exact) mass is 539 g/mol. The molecule has 0 saturated carbocycles. The number of nitrogens with one attached hydrogen (secondary N) is 3. The van der Waals surface area contributed by atoms with Crippen LogP contribution in [0, 0.1) is 0 Å². The van der Waals surface area contributed by atoms with Crippen molar-refractivity contribution < 1.29 is 38.5 Å². The Bertz CT molecular complexity index is 905. The number of likely N-dealkylation sites (N-methyl/N-ethyl adjacent to an activating group) is 1. The van der Waals surface area contributed by atoms with Crippen molar-refractivity contribution in [1.82, 2.24) is 20.9 Å². The van der Waals surface area contributed by atoms with E-state index in [1.807, 2.05) is 30.3 Å². The molecular weight excluding hydrogens is 498 g/mol. The first-order valence-electron chi connectivity index (χ1n) is 12.1. The summed E-state index contributed by atoms with van der Waals surface area (Å²) >= 11 is 0. The number of amides is 4. The molecule has 0 spiro atoms. The zero-order chi connectivity index (χ0) is 28.9. The Morgan fingerprint density at radius 1 is 0.947 bits per heavy atom. The molecule has 0 aromatic heterocycles. The maximum Gasteiger partial charge on any atom is 0.411 e. The normalized spacial score (nSPS) is 13.7. The summed E-state index contributed by atoms with van der Waals surface area (Å²) in [6.45, 7) is 4.42. The zero-order valence-corrected chi connectivity index (χ0v) is 22.9. The summed E-state index contributed by atoms with van der Waals surface area (Å²) in [4.78, 5) is 51.5. The number of nitrogens with two attached hydrogens (primary N) is 1. The van der Waals surface area contributed by atoms with Gasteiger partial charge in [0.2, 0.25) is 11.8 Å². The third-order valence-corrected chi connectivity index (χ3v) is 5.34. The van der Waals surface area contributed by atoms with Gasteiger partial charge in [0.15, 0.2) is 12.5 Å². The fraction of sp³-hybridized carbons (Fsp3) is 0.600. The number of benzene rings is 1. The molecule has 0 bridgehead atoms. The summed E-state index contributed by atoms with van der Waals surface area (Å²) in [7, 11) is 4.17. The van der Waals surface area contributed by atoms with Gasteiger partial charge in [0, 0.05) is 34.2 Å². The van der Waals surface area contributed by atoms with Crippen molar-refractivity contribution in [3.63, 3.8) is 0 Å². The van der Waals surface area contributed by atoms with Crippen LogP contribution in [0.2, 0.25) is 0 Å². The molecule has 6 N–H and O–H groups in total. The topological polar surface area (TPSA) is 182 Å². The van der Waals surface area contributed by atoms with Crippen LogP contribution in [-0.2, 0) is 35.1 Å². The van der Waals surface area contributed by atoms with Crippen molar-refractivity contribution in [3.05, 3.63) is 35.9 Å². The van der Waals surface area contributed by atoms with Gasteiger partial charge in [0.05, 0.1) is 6.61 Å². The van der Waals surface area contributed by atoms with E-state index < -0.39 is 60.6 Å². The van der Waals surface area contributed by atoms with Crippen molar-refractivity contribution in [2.45, 2.75) is 70.3 Å². The van der Waals surface area contributed by atoms with E-state index in [9.17, 15) is 24.3 Å². The first-order valence-corrected chi connectivity index (χ1v) is 12.1. The lowest BCUT2D eigenvalue weighted by Crippen LogP contribution is -2.60. The average Bonchev–Trinajstić information content (AvgIpc) is 2.88. The number of aliphatic hydroxyl groups excluding tert-OH is 1. The van der Waals surface area contributed by atoms with Crippen LogP contribution in [0.1, 0.15) is 39.2 Å². The number of methoxy groups -OCH3 is 2. The van der Waals surface area contributed by atoms with Crippen molar-refractivity contribution in [1.29, 1.82) is 0 Å². The van der Waals surface area contributed by atoms with Gasteiger partial charge in [0.1, 0.15) is 17.7 Å².